The zero-order chi connectivity index (χ0) is 14.8. The summed E-state index contributed by atoms with van der Waals surface area (Å²) in [5.41, 5.74) is 0.726. The summed E-state index contributed by atoms with van der Waals surface area (Å²) in [7, 11) is 1.34. The average molecular weight is 308 g/mol. The zero-order valence-electron chi connectivity index (χ0n) is 11.4. The number of fused-ring (bicyclic) bond motifs is 1. The molecular weight excluding hydrogens is 296 g/mol. The molecule has 21 heavy (non-hydrogen) atoms. The number of hydrogen-bond donors (Lipinski definition) is 0. The lowest BCUT2D eigenvalue weighted by Gasteiger charge is -2.04. The van der Waals surface area contributed by atoms with Gasteiger partial charge in [-0.1, -0.05) is 11.8 Å². The number of carbonyl (C=O) groups is 1. The van der Waals surface area contributed by atoms with Gasteiger partial charge in [0.1, 0.15) is 5.25 Å². The van der Waals surface area contributed by atoms with Crippen molar-refractivity contribution in [1.82, 2.24) is 10.2 Å². The van der Waals surface area contributed by atoms with Gasteiger partial charge in [0.05, 0.1) is 7.11 Å². The van der Waals surface area contributed by atoms with Crippen molar-refractivity contribution in [2.75, 3.05) is 13.9 Å². The lowest BCUT2D eigenvalue weighted by atomic mass is 10.2. The fraction of sp³-hybridized carbons (Fsp3) is 0.308. The highest BCUT2D eigenvalue weighted by Crippen LogP contribution is 2.36. The van der Waals surface area contributed by atoms with E-state index in [0.717, 1.165) is 17.3 Å². The van der Waals surface area contributed by atoms with Gasteiger partial charge in [0, 0.05) is 5.56 Å². The fourth-order valence-electron chi connectivity index (χ4n) is 1.77. The third kappa shape index (κ3) is 2.80. The Morgan fingerprint density at radius 2 is 2.14 bits per heavy atom. The van der Waals surface area contributed by atoms with E-state index in [9.17, 15) is 4.79 Å². The number of esters is 1. The van der Waals surface area contributed by atoms with Crippen molar-refractivity contribution in [2.24, 2.45) is 0 Å². The number of thioether (sulfide) groups is 1. The van der Waals surface area contributed by atoms with Gasteiger partial charge in [-0.25, -0.2) is 0 Å². The highest BCUT2D eigenvalue weighted by molar-refractivity contribution is 8.00. The third-order valence-corrected chi connectivity index (χ3v) is 3.75. The second-order valence-corrected chi connectivity index (χ2v) is 5.52. The van der Waals surface area contributed by atoms with Crippen LogP contribution in [0, 0.1) is 0 Å². The van der Waals surface area contributed by atoms with Crippen molar-refractivity contribution in [3.8, 4) is 23.0 Å². The highest BCUT2D eigenvalue weighted by Gasteiger charge is 2.20. The van der Waals surface area contributed by atoms with Crippen LogP contribution in [0.3, 0.4) is 0 Å². The Balaban J connectivity index is 1.77. The van der Waals surface area contributed by atoms with Gasteiger partial charge in [0.25, 0.3) is 5.22 Å². The van der Waals surface area contributed by atoms with Crippen LogP contribution in [-0.4, -0.2) is 35.3 Å². The summed E-state index contributed by atoms with van der Waals surface area (Å²) in [6.45, 7) is 1.92. The van der Waals surface area contributed by atoms with Crippen LogP contribution < -0.4 is 9.47 Å². The van der Waals surface area contributed by atoms with Crippen LogP contribution >= 0.6 is 11.8 Å². The number of rotatable bonds is 4. The van der Waals surface area contributed by atoms with Crippen molar-refractivity contribution in [3.63, 3.8) is 0 Å². The van der Waals surface area contributed by atoms with Crippen LogP contribution in [0.4, 0.5) is 0 Å². The molecule has 0 saturated carbocycles. The normalized spacial score (nSPS) is 14.0. The molecule has 0 spiro atoms. The number of carbonyl (C=O) groups excluding carboxylic acids is 1. The maximum Gasteiger partial charge on any atom is 0.319 e. The molecule has 1 aromatic heterocycles. The van der Waals surface area contributed by atoms with Crippen molar-refractivity contribution in [1.29, 1.82) is 0 Å². The van der Waals surface area contributed by atoms with E-state index >= 15 is 0 Å². The summed E-state index contributed by atoms with van der Waals surface area (Å²) in [6, 6.07) is 5.36. The van der Waals surface area contributed by atoms with Gasteiger partial charge >= 0.3 is 5.97 Å². The number of ether oxygens (including phenoxy) is 3. The molecule has 8 heteroatoms. The molecule has 0 saturated heterocycles. The first kappa shape index (κ1) is 13.7. The minimum absolute atomic E-state index is 0.209. The maximum absolute atomic E-state index is 11.4. The van der Waals surface area contributed by atoms with Crippen molar-refractivity contribution in [2.45, 2.75) is 17.4 Å². The smallest absolute Gasteiger partial charge is 0.319 e. The van der Waals surface area contributed by atoms with Gasteiger partial charge < -0.3 is 18.6 Å². The van der Waals surface area contributed by atoms with Crippen molar-refractivity contribution < 1.29 is 23.4 Å². The summed E-state index contributed by atoms with van der Waals surface area (Å²) in [6.07, 6.45) is 0. The van der Waals surface area contributed by atoms with E-state index in [1.54, 1.807) is 25.1 Å². The number of aromatic nitrogens is 2. The summed E-state index contributed by atoms with van der Waals surface area (Å²) in [4.78, 5) is 11.4. The molecule has 3 rings (SSSR count). The first-order chi connectivity index (χ1) is 10.2. The molecule has 1 unspecified atom stereocenters. The number of methoxy groups -OCH3 is 1. The van der Waals surface area contributed by atoms with Crippen molar-refractivity contribution >= 4 is 17.7 Å². The van der Waals surface area contributed by atoms with Crippen LogP contribution in [-0.2, 0) is 9.53 Å². The molecule has 110 valence electrons. The number of benzene rings is 1. The molecule has 1 atom stereocenters. The van der Waals surface area contributed by atoms with Gasteiger partial charge in [0.15, 0.2) is 11.5 Å². The maximum atomic E-state index is 11.4. The van der Waals surface area contributed by atoms with Gasteiger partial charge in [-0.3, -0.25) is 4.79 Å². The molecule has 7 nitrogen and oxygen atoms in total. The second-order valence-electron chi connectivity index (χ2n) is 4.22. The van der Waals surface area contributed by atoms with E-state index in [4.69, 9.17) is 13.9 Å². The molecule has 1 aliphatic heterocycles. The minimum Gasteiger partial charge on any atom is -0.468 e. The van der Waals surface area contributed by atoms with Gasteiger partial charge in [0.2, 0.25) is 12.7 Å². The van der Waals surface area contributed by atoms with Crippen LogP contribution in [0.15, 0.2) is 27.8 Å². The molecule has 2 aromatic rings. The molecule has 0 fully saturated rings. The minimum atomic E-state index is -0.417. The largest absolute Gasteiger partial charge is 0.468 e. The van der Waals surface area contributed by atoms with Crippen LogP contribution in [0.25, 0.3) is 11.5 Å². The van der Waals surface area contributed by atoms with Gasteiger partial charge in [-0.05, 0) is 25.1 Å². The predicted molar refractivity (Wildman–Crippen MR) is 73.2 cm³/mol. The first-order valence-corrected chi connectivity index (χ1v) is 7.03. The molecule has 0 bridgehead atoms. The van der Waals surface area contributed by atoms with Crippen LogP contribution in [0.1, 0.15) is 6.92 Å². The lowest BCUT2D eigenvalue weighted by molar-refractivity contribution is -0.139. The molecule has 0 amide bonds. The Kier molecular flexibility index (Phi) is 3.70. The average Bonchev–Trinajstić information content (AvgIpc) is 3.14. The Hall–Kier alpha value is -2.22. The van der Waals surface area contributed by atoms with E-state index in [1.165, 1.54) is 7.11 Å². The van der Waals surface area contributed by atoms with Crippen LogP contribution in [0.2, 0.25) is 0 Å². The molecule has 0 radical (unpaired) electrons. The quantitative estimate of drug-likeness (QED) is 0.627. The molecule has 0 N–H and O–H groups in total. The highest BCUT2D eigenvalue weighted by atomic mass is 32.2. The summed E-state index contributed by atoms with van der Waals surface area (Å²) < 4.78 is 20.7. The van der Waals surface area contributed by atoms with E-state index in [1.807, 2.05) is 0 Å². The number of hydrogen-bond acceptors (Lipinski definition) is 8. The van der Waals surface area contributed by atoms with Gasteiger partial charge in [-0.15, -0.1) is 10.2 Å². The second kappa shape index (κ2) is 5.65. The van der Waals surface area contributed by atoms with Gasteiger partial charge in [-0.2, -0.15) is 0 Å². The van der Waals surface area contributed by atoms with Crippen molar-refractivity contribution in [3.05, 3.63) is 18.2 Å². The lowest BCUT2D eigenvalue weighted by Crippen LogP contribution is -2.14. The predicted octanol–water partition coefficient (Wildman–Crippen LogP) is 2.12. The topological polar surface area (TPSA) is 83.7 Å². The third-order valence-electron chi connectivity index (χ3n) is 2.84. The van der Waals surface area contributed by atoms with E-state index in [-0.39, 0.29) is 12.8 Å². The van der Waals surface area contributed by atoms with E-state index < -0.39 is 5.25 Å². The zero-order valence-corrected chi connectivity index (χ0v) is 12.2. The summed E-state index contributed by atoms with van der Waals surface area (Å²) >= 11 is 1.15. The van der Waals surface area contributed by atoms with E-state index in [0.29, 0.717) is 22.6 Å². The Labute approximate surface area is 124 Å². The Bertz CT molecular complexity index is 672. The monoisotopic (exact) mass is 308 g/mol. The molecular formula is C13H12N2O5S. The molecule has 2 heterocycles. The summed E-state index contributed by atoms with van der Waals surface area (Å²) in [5.74, 6) is 1.34. The molecule has 1 aliphatic rings. The summed E-state index contributed by atoms with van der Waals surface area (Å²) in [5, 5.41) is 7.76. The fourth-order valence-corrected chi connectivity index (χ4v) is 2.48. The SMILES string of the molecule is COC(=O)C(C)Sc1nnc(-c2ccc3c(c2)OCO3)o1. The molecule has 0 aliphatic carbocycles. The number of nitrogens with zero attached hydrogens (tertiary/aromatic N) is 2. The standard InChI is InChI=1S/C13H12N2O5S/c1-7(12(16)17-2)21-13-15-14-11(20-13)8-3-4-9-10(5-8)19-6-18-9/h3-5,7H,6H2,1-2H3. The molecule has 1 aromatic carbocycles. The van der Waals surface area contributed by atoms with Crippen LogP contribution in [0.5, 0.6) is 11.5 Å². The Morgan fingerprint density at radius 1 is 1.33 bits per heavy atom. The first-order valence-electron chi connectivity index (χ1n) is 6.15. The van der Waals surface area contributed by atoms with E-state index in [2.05, 4.69) is 14.9 Å². The Morgan fingerprint density at radius 3 is 2.95 bits per heavy atom.